The van der Waals surface area contributed by atoms with Gasteiger partial charge in [-0.1, -0.05) is 11.6 Å². The number of anilines is 4. The fourth-order valence-electron chi connectivity index (χ4n) is 4.61. The normalized spacial score (nSPS) is 16.0. The van der Waals surface area contributed by atoms with Crippen LogP contribution in [-0.4, -0.2) is 114 Å². The first kappa shape index (κ1) is 30.7. The van der Waals surface area contributed by atoms with E-state index in [1.807, 2.05) is 0 Å². The summed E-state index contributed by atoms with van der Waals surface area (Å²) in [6, 6.07) is 9.23. The summed E-state index contributed by atoms with van der Waals surface area (Å²) < 4.78 is 14.6. The molecule has 1 radical (unpaired) electrons. The maximum absolute atomic E-state index is 14.6. The van der Waals surface area contributed by atoms with Gasteiger partial charge in [-0.3, -0.25) is 9.59 Å². The van der Waals surface area contributed by atoms with Crippen molar-refractivity contribution in [3.8, 4) is 11.3 Å². The fraction of sp³-hybridized carbons (Fsp3) is 0.370. The van der Waals surface area contributed by atoms with E-state index in [1.165, 1.54) is 18.2 Å². The molecule has 0 aliphatic carbocycles. The Bertz CT molecular complexity index is 1400. The number of hydrogen-bond acceptors (Lipinski definition) is 9. The summed E-state index contributed by atoms with van der Waals surface area (Å²) in [7, 11) is 2.09. The molecule has 2 saturated heterocycles. The molecule has 14 heteroatoms. The van der Waals surface area contributed by atoms with E-state index in [0.717, 1.165) is 26.2 Å². The molecule has 2 aliphatic heterocycles. The number of benzene rings is 1. The predicted molar refractivity (Wildman–Crippen MR) is 156 cm³/mol. The van der Waals surface area contributed by atoms with E-state index in [0.29, 0.717) is 41.0 Å². The number of carbonyl (C=O) groups excluding carboxylic acids is 1. The number of aliphatic carboxylic acids is 1. The van der Waals surface area contributed by atoms with E-state index < -0.39 is 17.7 Å². The van der Waals surface area contributed by atoms with Crippen molar-refractivity contribution in [3.05, 3.63) is 53.4 Å². The first-order valence-corrected chi connectivity index (χ1v) is 13.4. The number of aromatic nitrogens is 3. The van der Waals surface area contributed by atoms with Crippen LogP contribution in [0, 0.1) is 11.7 Å². The van der Waals surface area contributed by atoms with Gasteiger partial charge >= 0.3 is 5.97 Å². The molecule has 0 atom stereocenters. The van der Waals surface area contributed by atoms with Crippen LogP contribution in [0.15, 0.2) is 42.6 Å². The number of hydrogen-bond donors (Lipinski definition) is 3. The number of likely N-dealkylation sites (N-methyl/N-ethyl adjacent to an activating group) is 1. The number of piperazine rings is 1. The average Bonchev–Trinajstić information content (AvgIpc) is 2.90. The van der Waals surface area contributed by atoms with E-state index in [9.17, 15) is 19.1 Å². The summed E-state index contributed by atoms with van der Waals surface area (Å²) >= 11 is 6.09. The molecule has 0 unspecified atom stereocenters. The van der Waals surface area contributed by atoms with Gasteiger partial charge in [0, 0.05) is 99.6 Å². The number of carboxylic acids is 1. The maximum atomic E-state index is 14.6. The maximum Gasteiger partial charge on any atom is 0.310 e. The smallest absolute Gasteiger partial charge is 0.310 e. The Morgan fingerprint density at radius 1 is 1.10 bits per heavy atom. The van der Waals surface area contributed by atoms with E-state index in [1.54, 1.807) is 29.3 Å². The van der Waals surface area contributed by atoms with E-state index in [2.05, 4.69) is 42.7 Å². The quantitative estimate of drug-likeness (QED) is 0.328. The van der Waals surface area contributed by atoms with Crippen molar-refractivity contribution >= 4 is 65.3 Å². The SMILES string of the molecule is CN1CCN(CCC(=O)Nc2cc(Nc3cc(-c4cc(Cl)ccc4F)nnc3N3CC(C(=O)O)C3)ccn2)CC1.[Li]. The molecule has 1 aromatic carbocycles. The predicted octanol–water partition coefficient (Wildman–Crippen LogP) is 2.79. The van der Waals surface area contributed by atoms with Gasteiger partial charge in [0.1, 0.15) is 11.6 Å². The van der Waals surface area contributed by atoms with Gasteiger partial charge in [0.2, 0.25) is 5.91 Å². The molecule has 0 spiro atoms. The van der Waals surface area contributed by atoms with Crippen molar-refractivity contribution in [2.75, 3.05) is 68.4 Å². The summed E-state index contributed by atoms with van der Waals surface area (Å²) in [5.41, 5.74) is 1.54. The Morgan fingerprint density at radius 2 is 1.85 bits per heavy atom. The molecule has 211 valence electrons. The van der Waals surface area contributed by atoms with Gasteiger partial charge in [-0.25, -0.2) is 9.37 Å². The second-order valence-corrected chi connectivity index (χ2v) is 10.5. The minimum absolute atomic E-state index is 0. The average molecular weight is 576 g/mol. The number of halogens is 2. The second-order valence-electron chi connectivity index (χ2n) is 10.0. The topological polar surface area (TPSA) is 127 Å². The number of carbonyl (C=O) groups is 2. The third kappa shape index (κ3) is 7.72. The van der Waals surface area contributed by atoms with Crippen molar-refractivity contribution in [3.63, 3.8) is 0 Å². The monoisotopic (exact) mass is 575 g/mol. The van der Waals surface area contributed by atoms with Crippen LogP contribution < -0.4 is 15.5 Å². The van der Waals surface area contributed by atoms with Crippen LogP contribution in [-0.2, 0) is 9.59 Å². The van der Waals surface area contributed by atoms with Gasteiger partial charge in [0.15, 0.2) is 5.82 Å². The number of nitrogens with one attached hydrogen (secondary N) is 2. The van der Waals surface area contributed by atoms with E-state index in [-0.39, 0.29) is 49.1 Å². The van der Waals surface area contributed by atoms with Crippen LogP contribution in [0.1, 0.15) is 6.42 Å². The Morgan fingerprint density at radius 3 is 2.59 bits per heavy atom. The molecule has 5 rings (SSSR count). The van der Waals surface area contributed by atoms with Gasteiger partial charge in [-0.2, -0.15) is 0 Å². The molecule has 1 amide bonds. The Hall–Kier alpha value is -3.27. The zero-order valence-electron chi connectivity index (χ0n) is 23.0. The van der Waals surface area contributed by atoms with Gasteiger partial charge in [0.05, 0.1) is 17.3 Å². The molecule has 11 nitrogen and oxygen atoms in total. The second kappa shape index (κ2) is 13.6. The third-order valence-corrected chi connectivity index (χ3v) is 7.30. The first-order chi connectivity index (χ1) is 19.2. The molecular formula is C27H30ClFLiN8O3. The van der Waals surface area contributed by atoms with Gasteiger partial charge in [0.25, 0.3) is 0 Å². The summed E-state index contributed by atoms with van der Waals surface area (Å²) in [4.78, 5) is 34.5. The molecule has 3 aromatic rings. The zero-order valence-corrected chi connectivity index (χ0v) is 23.7. The van der Waals surface area contributed by atoms with Crippen molar-refractivity contribution in [1.29, 1.82) is 0 Å². The van der Waals surface area contributed by atoms with Crippen LogP contribution in [0.2, 0.25) is 5.02 Å². The molecule has 2 aromatic heterocycles. The number of carboxylic acid groups (broad SMARTS) is 1. The fourth-order valence-corrected chi connectivity index (χ4v) is 4.78. The summed E-state index contributed by atoms with van der Waals surface area (Å²) in [5.74, 6) is -1.20. The molecule has 0 bridgehead atoms. The van der Waals surface area contributed by atoms with Gasteiger partial charge < -0.3 is 30.4 Å². The van der Waals surface area contributed by atoms with Crippen molar-refractivity contribution < 1.29 is 19.1 Å². The standard InChI is InChI=1S/C27H30ClFN8O3.Li/c1-35-8-10-36(11-9-35)7-5-25(38)32-24-13-19(4-6-30-24)31-23-14-22(20-12-18(28)2-3-21(20)29)33-34-26(23)37-15-17(16-37)27(39)40;/h2-4,6,12-14,17H,5,7-11,15-16H2,1H3,(H,39,40)(H2,30,31,32,33,38);. The molecule has 2 fully saturated rings. The Kier molecular flexibility index (Phi) is 10.2. The Balaban J connectivity index is 0.00000387. The number of rotatable bonds is 9. The van der Waals surface area contributed by atoms with Crippen LogP contribution in [0.3, 0.4) is 0 Å². The molecule has 2 aliphatic rings. The van der Waals surface area contributed by atoms with Crippen LogP contribution in [0.5, 0.6) is 0 Å². The van der Waals surface area contributed by atoms with Crippen molar-refractivity contribution in [2.45, 2.75) is 6.42 Å². The number of pyridine rings is 1. The molecule has 41 heavy (non-hydrogen) atoms. The van der Waals surface area contributed by atoms with Crippen molar-refractivity contribution in [1.82, 2.24) is 25.0 Å². The van der Waals surface area contributed by atoms with Gasteiger partial charge in [-0.15, -0.1) is 10.2 Å². The zero-order chi connectivity index (χ0) is 28.2. The summed E-state index contributed by atoms with van der Waals surface area (Å²) in [5, 5.41) is 24.3. The molecule has 0 saturated carbocycles. The van der Waals surface area contributed by atoms with Crippen LogP contribution in [0.4, 0.5) is 27.4 Å². The van der Waals surface area contributed by atoms with Gasteiger partial charge in [-0.05, 0) is 37.4 Å². The molecular weight excluding hydrogens is 546 g/mol. The van der Waals surface area contributed by atoms with Crippen molar-refractivity contribution in [2.24, 2.45) is 5.92 Å². The number of amides is 1. The summed E-state index contributed by atoms with van der Waals surface area (Å²) in [6.45, 7) is 5.08. The van der Waals surface area contributed by atoms with Crippen LogP contribution >= 0.6 is 11.6 Å². The molecule has 3 N–H and O–H groups in total. The molecule has 4 heterocycles. The Labute approximate surface area is 254 Å². The largest absolute Gasteiger partial charge is 0.481 e. The minimum atomic E-state index is -0.876. The third-order valence-electron chi connectivity index (χ3n) is 7.07. The van der Waals surface area contributed by atoms with E-state index >= 15 is 0 Å². The summed E-state index contributed by atoms with van der Waals surface area (Å²) in [6.07, 6.45) is 1.92. The first-order valence-electron chi connectivity index (χ1n) is 13.0. The van der Waals surface area contributed by atoms with E-state index in [4.69, 9.17) is 11.6 Å². The minimum Gasteiger partial charge on any atom is -0.481 e. The number of nitrogens with zero attached hydrogens (tertiary/aromatic N) is 6. The van der Waals surface area contributed by atoms with Crippen LogP contribution in [0.25, 0.3) is 11.3 Å².